The van der Waals surface area contributed by atoms with Crippen molar-refractivity contribution in [2.24, 2.45) is 4.99 Å². The third-order valence-corrected chi connectivity index (χ3v) is 4.45. The molecule has 1 N–H and O–H groups in total. The smallest absolute Gasteiger partial charge is 0.221 e. The van der Waals surface area contributed by atoms with Crippen molar-refractivity contribution in [2.75, 3.05) is 19.6 Å². The van der Waals surface area contributed by atoms with Crippen LogP contribution in [-0.4, -0.2) is 42.0 Å². The maximum atomic E-state index is 11.4. The molecule has 0 fully saturated rings. The number of amidine groups is 1. The minimum atomic E-state index is 0.0409. The Kier molecular flexibility index (Phi) is 7.65. The van der Waals surface area contributed by atoms with Crippen LogP contribution in [0.4, 0.5) is 0 Å². The molecule has 0 aromatic carbocycles. The lowest BCUT2D eigenvalue weighted by Gasteiger charge is -2.39. The molecule has 0 bridgehead atoms. The van der Waals surface area contributed by atoms with Gasteiger partial charge < -0.3 is 5.32 Å². The summed E-state index contributed by atoms with van der Waals surface area (Å²) in [6.07, 6.45) is 10.4. The largest absolute Gasteiger partial charge is 0.307 e. The van der Waals surface area contributed by atoms with Crippen LogP contribution in [0.3, 0.4) is 0 Å². The molecule has 2 atom stereocenters. The highest BCUT2D eigenvalue weighted by atomic mass is 16.1. The van der Waals surface area contributed by atoms with Crippen molar-refractivity contribution >= 4 is 11.7 Å². The third-order valence-electron chi connectivity index (χ3n) is 4.45. The second-order valence-electron chi connectivity index (χ2n) is 5.90. The first-order valence-corrected chi connectivity index (χ1v) is 8.39. The number of rotatable bonds is 9. The van der Waals surface area contributed by atoms with E-state index in [0.717, 1.165) is 37.0 Å². The molecule has 1 rings (SSSR count). The molecule has 1 aliphatic rings. The molecule has 2 unspecified atom stereocenters. The summed E-state index contributed by atoms with van der Waals surface area (Å²) in [5.74, 6) is 1.29. The molecule has 4 nitrogen and oxygen atoms in total. The van der Waals surface area contributed by atoms with Gasteiger partial charge >= 0.3 is 0 Å². The van der Waals surface area contributed by atoms with Crippen LogP contribution < -0.4 is 5.32 Å². The third kappa shape index (κ3) is 4.95. The number of amides is 1. The Labute approximate surface area is 129 Å². The van der Waals surface area contributed by atoms with Crippen LogP contribution >= 0.6 is 0 Å². The Morgan fingerprint density at radius 1 is 1.38 bits per heavy atom. The standard InChI is InChI=1S/C17H31N3O/c1-5-7-8-9-10-11-12-17-18-13-14-20(17,6-2)15(3)19-16(4)21/h9-10,15H,5-8,11-14H2,1-4H3/p+1/b10-9+. The van der Waals surface area contributed by atoms with Crippen LogP contribution in [-0.2, 0) is 4.79 Å². The monoisotopic (exact) mass is 294 g/mol. The molecule has 4 heteroatoms. The molecule has 0 saturated heterocycles. The minimum Gasteiger partial charge on any atom is -0.307 e. The Balaban J connectivity index is 2.58. The summed E-state index contributed by atoms with van der Waals surface area (Å²) in [6, 6.07) is 0. The van der Waals surface area contributed by atoms with Crippen LogP contribution in [0.15, 0.2) is 17.1 Å². The number of aliphatic imine (C=N–C) groups is 1. The van der Waals surface area contributed by atoms with E-state index in [0.29, 0.717) is 0 Å². The SMILES string of the molecule is CCCC/C=C/CCC1=NCC[N+]1(CC)C(C)NC(C)=O. The van der Waals surface area contributed by atoms with Gasteiger partial charge in [0.1, 0.15) is 6.54 Å². The van der Waals surface area contributed by atoms with E-state index >= 15 is 0 Å². The molecule has 0 aromatic heterocycles. The highest BCUT2D eigenvalue weighted by Crippen LogP contribution is 2.22. The molecule has 120 valence electrons. The predicted molar refractivity (Wildman–Crippen MR) is 89.1 cm³/mol. The number of quaternary nitrogens is 1. The molecule has 0 spiro atoms. The van der Waals surface area contributed by atoms with E-state index < -0.39 is 0 Å². The summed E-state index contributed by atoms with van der Waals surface area (Å²) in [5, 5.41) is 3.06. The molecule has 0 aliphatic carbocycles. The molecule has 1 aliphatic heterocycles. The summed E-state index contributed by atoms with van der Waals surface area (Å²) in [5.41, 5.74) is 0. The summed E-state index contributed by atoms with van der Waals surface area (Å²) < 4.78 is 0.822. The normalized spacial score (nSPS) is 23.3. The Hall–Kier alpha value is -1.16. The van der Waals surface area contributed by atoms with Crippen molar-refractivity contribution in [1.29, 1.82) is 0 Å². The van der Waals surface area contributed by atoms with E-state index in [9.17, 15) is 4.79 Å². The average molecular weight is 294 g/mol. The average Bonchev–Trinajstić information content (AvgIpc) is 2.86. The number of likely N-dealkylation sites (N-methyl/N-ethyl adjacent to an activating group) is 1. The van der Waals surface area contributed by atoms with Gasteiger partial charge in [0.15, 0.2) is 12.0 Å². The first-order chi connectivity index (χ1) is 10.1. The number of nitrogens with one attached hydrogen (secondary N) is 1. The van der Waals surface area contributed by atoms with Gasteiger partial charge in [-0.3, -0.25) is 9.28 Å². The molecule has 0 aromatic rings. The van der Waals surface area contributed by atoms with Crippen LogP contribution in [0.5, 0.6) is 0 Å². The van der Waals surface area contributed by atoms with Gasteiger partial charge in [-0.1, -0.05) is 31.9 Å². The Bertz CT molecular complexity index is 389. The van der Waals surface area contributed by atoms with Gasteiger partial charge in [-0.15, -0.1) is 0 Å². The van der Waals surface area contributed by atoms with E-state index in [2.05, 4.69) is 38.2 Å². The van der Waals surface area contributed by atoms with Crippen molar-refractivity contribution in [3.63, 3.8) is 0 Å². The van der Waals surface area contributed by atoms with Gasteiger partial charge in [0.25, 0.3) is 0 Å². The highest BCUT2D eigenvalue weighted by molar-refractivity contribution is 5.78. The molecule has 1 amide bonds. The van der Waals surface area contributed by atoms with E-state index in [1.54, 1.807) is 6.92 Å². The van der Waals surface area contributed by atoms with Crippen LogP contribution in [0.1, 0.15) is 59.8 Å². The number of carbonyl (C=O) groups is 1. The first-order valence-electron chi connectivity index (χ1n) is 8.39. The lowest BCUT2D eigenvalue weighted by atomic mass is 10.1. The maximum absolute atomic E-state index is 11.4. The Morgan fingerprint density at radius 2 is 2.10 bits per heavy atom. The minimum absolute atomic E-state index is 0.0409. The van der Waals surface area contributed by atoms with E-state index in [4.69, 9.17) is 4.99 Å². The molecule has 0 saturated carbocycles. The molecular formula is C17H32N3O+. The Morgan fingerprint density at radius 3 is 2.71 bits per heavy atom. The molecule has 21 heavy (non-hydrogen) atoms. The van der Waals surface area contributed by atoms with Crippen molar-refractivity contribution in [3.05, 3.63) is 12.2 Å². The van der Waals surface area contributed by atoms with E-state index in [-0.39, 0.29) is 12.1 Å². The summed E-state index contributed by atoms with van der Waals surface area (Å²) in [7, 11) is 0. The van der Waals surface area contributed by atoms with Gasteiger partial charge in [-0.2, -0.15) is 0 Å². The van der Waals surface area contributed by atoms with Crippen molar-refractivity contribution in [1.82, 2.24) is 5.32 Å². The van der Waals surface area contributed by atoms with Crippen molar-refractivity contribution in [2.45, 2.75) is 66.0 Å². The quantitative estimate of drug-likeness (QED) is 0.396. The fourth-order valence-corrected chi connectivity index (χ4v) is 3.15. The number of carbonyl (C=O) groups excluding carboxylic acids is 1. The summed E-state index contributed by atoms with van der Waals surface area (Å²) >= 11 is 0. The number of allylic oxidation sites excluding steroid dienone is 2. The summed E-state index contributed by atoms with van der Waals surface area (Å²) in [4.78, 5) is 16.1. The number of hydrogen-bond acceptors (Lipinski definition) is 2. The summed E-state index contributed by atoms with van der Waals surface area (Å²) in [6.45, 7) is 11.0. The first kappa shape index (κ1) is 17.9. The van der Waals surface area contributed by atoms with E-state index in [1.165, 1.54) is 25.1 Å². The fourth-order valence-electron chi connectivity index (χ4n) is 3.15. The van der Waals surface area contributed by atoms with Gasteiger partial charge in [0.2, 0.25) is 5.91 Å². The number of hydrogen-bond donors (Lipinski definition) is 1. The van der Waals surface area contributed by atoms with Crippen LogP contribution in [0.25, 0.3) is 0 Å². The van der Waals surface area contributed by atoms with Crippen molar-refractivity contribution < 1.29 is 9.28 Å². The predicted octanol–water partition coefficient (Wildman–Crippen LogP) is 3.24. The zero-order chi connectivity index (χ0) is 15.7. The van der Waals surface area contributed by atoms with Crippen LogP contribution in [0, 0.1) is 0 Å². The van der Waals surface area contributed by atoms with Crippen LogP contribution in [0.2, 0.25) is 0 Å². The van der Waals surface area contributed by atoms with E-state index in [1.807, 2.05) is 0 Å². The van der Waals surface area contributed by atoms with Gasteiger partial charge in [0.05, 0.1) is 13.1 Å². The van der Waals surface area contributed by atoms with Gasteiger partial charge in [-0.05, 0) is 19.8 Å². The molecule has 1 heterocycles. The van der Waals surface area contributed by atoms with Gasteiger partial charge in [-0.25, -0.2) is 4.99 Å². The second-order valence-corrected chi connectivity index (χ2v) is 5.90. The zero-order valence-corrected chi connectivity index (χ0v) is 14.2. The second kappa shape index (κ2) is 8.98. The maximum Gasteiger partial charge on any atom is 0.221 e. The lowest BCUT2D eigenvalue weighted by Crippen LogP contribution is -2.62. The topological polar surface area (TPSA) is 41.5 Å². The highest BCUT2D eigenvalue weighted by Gasteiger charge is 2.41. The van der Waals surface area contributed by atoms with Crippen molar-refractivity contribution in [3.8, 4) is 0 Å². The zero-order valence-electron chi connectivity index (χ0n) is 14.2. The fraction of sp³-hybridized carbons (Fsp3) is 0.765. The number of unbranched alkanes of at least 4 members (excludes halogenated alkanes) is 2. The van der Waals surface area contributed by atoms with Gasteiger partial charge in [0, 0.05) is 20.3 Å². The lowest BCUT2D eigenvalue weighted by molar-refractivity contribution is -0.861. The molecular weight excluding hydrogens is 262 g/mol. The number of nitrogens with zero attached hydrogens (tertiary/aromatic N) is 2. The molecule has 0 radical (unpaired) electrons.